The van der Waals surface area contributed by atoms with E-state index in [1.807, 2.05) is 6.92 Å². The third kappa shape index (κ3) is 7.17. The second kappa shape index (κ2) is 11.0. The molecular formula is C23H28FNO6. The SMILES string of the molecule is C[C@H]1CCC/C=C/[C@@H]2C[C@H](OC(=O)OCc3cncc(F)c3)C[C@H]2[C@H](O)/C=C/C(=O)O1. The number of cyclic esters (lactones) is 1. The van der Waals surface area contributed by atoms with Gasteiger partial charge in [0.2, 0.25) is 0 Å². The maximum absolute atomic E-state index is 13.2. The van der Waals surface area contributed by atoms with Gasteiger partial charge in [-0.2, -0.15) is 0 Å². The van der Waals surface area contributed by atoms with Crippen molar-refractivity contribution in [3.63, 3.8) is 0 Å². The molecule has 2 heterocycles. The Hall–Kier alpha value is -2.74. The normalized spacial score (nSPS) is 31.2. The van der Waals surface area contributed by atoms with Gasteiger partial charge in [-0.05, 0) is 63.0 Å². The van der Waals surface area contributed by atoms with Crippen molar-refractivity contribution in [2.24, 2.45) is 11.8 Å². The first-order valence-electron chi connectivity index (χ1n) is 10.6. The second-order valence-corrected chi connectivity index (χ2v) is 8.05. The number of halogens is 1. The molecule has 1 aliphatic heterocycles. The molecule has 7 nitrogen and oxygen atoms in total. The van der Waals surface area contributed by atoms with E-state index in [0.717, 1.165) is 25.5 Å². The van der Waals surface area contributed by atoms with Crippen LogP contribution in [0.4, 0.5) is 9.18 Å². The van der Waals surface area contributed by atoms with Crippen molar-refractivity contribution < 1.29 is 33.3 Å². The average Bonchev–Trinajstić information content (AvgIpc) is 3.12. The van der Waals surface area contributed by atoms with Crippen LogP contribution in [0.25, 0.3) is 0 Å². The molecule has 168 valence electrons. The van der Waals surface area contributed by atoms with E-state index in [0.29, 0.717) is 18.4 Å². The van der Waals surface area contributed by atoms with Gasteiger partial charge in [0.1, 0.15) is 18.5 Å². The van der Waals surface area contributed by atoms with Gasteiger partial charge in [0.05, 0.1) is 18.4 Å². The Balaban J connectivity index is 1.58. The first kappa shape index (κ1) is 22.9. The van der Waals surface area contributed by atoms with Gasteiger partial charge in [0, 0.05) is 17.8 Å². The summed E-state index contributed by atoms with van der Waals surface area (Å²) in [5.74, 6) is -1.19. The van der Waals surface area contributed by atoms with Gasteiger partial charge in [-0.3, -0.25) is 4.98 Å². The van der Waals surface area contributed by atoms with E-state index in [1.165, 1.54) is 24.4 Å². The summed E-state index contributed by atoms with van der Waals surface area (Å²) in [6, 6.07) is 1.23. The number of pyridine rings is 1. The monoisotopic (exact) mass is 433 g/mol. The second-order valence-electron chi connectivity index (χ2n) is 8.05. The van der Waals surface area contributed by atoms with E-state index in [9.17, 15) is 19.1 Å². The zero-order valence-corrected chi connectivity index (χ0v) is 17.5. The predicted octanol–water partition coefficient (Wildman–Crippen LogP) is 3.86. The smallest absolute Gasteiger partial charge is 0.460 e. The lowest BCUT2D eigenvalue weighted by Gasteiger charge is -2.19. The maximum Gasteiger partial charge on any atom is 0.508 e. The first-order chi connectivity index (χ1) is 14.9. The molecule has 1 saturated carbocycles. The van der Waals surface area contributed by atoms with Crippen LogP contribution in [0, 0.1) is 17.7 Å². The van der Waals surface area contributed by atoms with Gasteiger partial charge >= 0.3 is 12.1 Å². The molecule has 0 saturated heterocycles. The maximum atomic E-state index is 13.2. The lowest BCUT2D eigenvalue weighted by atomic mass is 9.90. The summed E-state index contributed by atoms with van der Waals surface area (Å²) in [6.07, 6.45) is 10.4. The summed E-state index contributed by atoms with van der Waals surface area (Å²) >= 11 is 0. The molecule has 1 fully saturated rings. The lowest BCUT2D eigenvalue weighted by molar-refractivity contribution is -0.142. The van der Waals surface area contributed by atoms with Crippen molar-refractivity contribution in [2.45, 2.75) is 63.9 Å². The van der Waals surface area contributed by atoms with Crippen molar-refractivity contribution >= 4 is 12.1 Å². The lowest BCUT2D eigenvalue weighted by Crippen LogP contribution is -2.22. The summed E-state index contributed by atoms with van der Waals surface area (Å²) in [6.45, 7) is 1.71. The molecule has 31 heavy (non-hydrogen) atoms. The molecular weight excluding hydrogens is 405 g/mol. The number of carbonyl (C=O) groups is 2. The van der Waals surface area contributed by atoms with Gasteiger partial charge in [-0.25, -0.2) is 14.0 Å². The Morgan fingerprint density at radius 1 is 1.32 bits per heavy atom. The molecule has 0 spiro atoms. The Bertz CT molecular complexity index is 826. The number of rotatable bonds is 3. The minimum atomic E-state index is -0.874. The molecule has 0 unspecified atom stereocenters. The zero-order valence-electron chi connectivity index (χ0n) is 17.5. The number of carbonyl (C=O) groups excluding carboxylic acids is 2. The third-order valence-corrected chi connectivity index (χ3v) is 5.55. The molecule has 8 heteroatoms. The van der Waals surface area contributed by atoms with E-state index in [2.05, 4.69) is 17.1 Å². The van der Waals surface area contributed by atoms with E-state index in [4.69, 9.17) is 14.2 Å². The number of aliphatic hydroxyl groups excluding tert-OH is 1. The number of esters is 1. The van der Waals surface area contributed by atoms with Crippen molar-refractivity contribution in [3.05, 3.63) is 54.1 Å². The van der Waals surface area contributed by atoms with Gasteiger partial charge < -0.3 is 19.3 Å². The van der Waals surface area contributed by atoms with E-state index >= 15 is 0 Å². The molecule has 0 amide bonds. The van der Waals surface area contributed by atoms with Crippen LogP contribution < -0.4 is 0 Å². The van der Waals surface area contributed by atoms with Crippen LogP contribution >= 0.6 is 0 Å². The zero-order chi connectivity index (χ0) is 22.2. The van der Waals surface area contributed by atoms with Gasteiger partial charge in [0.25, 0.3) is 0 Å². The van der Waals surface area contributed by atoms with Gasteiger partial charge in [-0.15, -0.1) is 0 Å². The summed E-state index contributed by atoms with van der Waals surface area (Å²) < 4.78 is 28.9. The number of hydrogen-bond donors (Lipinski definition) is 1. The summed E-state index contributed by atoms with van der Waals surface area (Å²) in [5, 5.41) is 10.6. The first-order valence-corrected chi connectivity index (χ1v) is 10.6. The highest BCUT2D eigenvalue weighted by Gasteiger charge is 2.38. The fourth-order valence-corrected chi connectivity index (χ4v) is 4.02. The fraction of sp³-hybridized carbons (Fsp3) is 0.522. The Morgan fingerprint density at radius 3 is 2.97 bits per heavy atom. The third-order valence-electron chi connectivity index (χ3n) is 5.55. The fourth-order valence-electron chi connectivity index (χ4n) is 4.02. The molecule has 1 aliphatic carbocycles. The number of aliphatic hydroxyl groups is 1. The van der Waals surface area contributed by atoms with Crippen molar-refractivity contribution in [3.8, 4) is 0 Å². The van der Waals surface area contributed by atoms with Gasteiger partial charge in [0.15, 0.2) is 0 Å². The van der Waals surface area contributed by atoms with Crippen molar-refractivity contribution in [2.75, 3.05) is 0 Å². The van der Waals surface area contributed by atoms with Crippen LogP contribution in [-0.4, -0.2) is 40.5 Å². The minimum Gasteiger partial charge on any atom is -0.460 e. The van der Waals surface area contributed by atoms with Crippen LogP contribution in [0.5, 0.6) is 0 Å². The van der Waals surface area contributed by atoms with Crippen LogP contribution in [0.15, 0.2) is 42.8 Å². The van der Waals surface area contributed by atoms with Crippen molar-refractivity contribution in [1.82, 2.24) is 4.98 Å². The van der Waals surface area contributed by atoms with Crippen LogP contribution in [0.3, 0.4) is 0 Å². The number of allylic oxidation sites excluding steroid dienone is 2. The number of nitrogens with zero attached hydrogens (tertiary/aromatic N) is 1. The molecule has 5 atom stereocenters. The van der Waals surface area contributed by atoms with E-state index < -0.39 is 30.1 Å². The van der Waals surface area contributed by atoms with Crippen molar-refractivity contribution in [1.29, 1.82) is 0 Å². The number of aromatic nitrogens is 1. The highest BCUT2D eigenvalue weighted by molar-refractivity contribution is 5.82. The van der Waals surface area contributed by atoms with E-state index in [1.54, 1.807) is 0 Å². The molecule has 1 aromatic rings. The Morgan fingerprint density at radius 2 is 2.16 bits per heavy atom. The average molecular weight is 433 g/mol. The molecule has 0 aromatic carbocycles. The van der Waals surface area contributed by atoms with Gasteiger partial charge in [-0.1, -0.05) is 12.2 Å². The molecule has 1 N–H and O–H groups in total. The topological polar surface area (TPSA) is 95.0 Å². The van der Waals surface area contributed by atoms with Crippen LogP contribution in [0.1, 0.15) is 44.6 Å². The molecule has 0 radical (unpaired) electrons. The Labute approximate surface area is 180 Å². The highest BCUT2D eigenvalue weighted by atomic mass is 19.1. The number of hydrogen-bond acceptors (Lipinski definition) is 7. The molecule has 0 bridgehead atoms. The molecule has 3 rings (SSSR count). The van der Waals surface area contributed by atoms with Crippen LogP contribution in [0.2, 0.25) is 0 Å². The van der Waals surface area contributed by atoms with E-state index in [-0.39, 0.29) is 24.5 Å². The quantitative estimate of drug-likeness (QED) is 0.571. The Kier molecular flexibility index (Phi) is 8.17. The summed E-state index contributed by atoms with van der Waals surface area (Å²) in [5.41, 5.74) is 0.422. The van der Waals surface area contributed by atoms with Crippen LogP contribution in [-0.2, 0) is 25.6 Å². The standard InChI is InChI=1S/C23H28FNO6/c1-15-5-3-2-4-6-17-10-19(11-20(17)21(26)7-8-22(27)30-15)31-23(28)29-14-16-9-18(24)13-25-12-16/h4,6-9,12-13,15,17,19-21,26H,2-3,5,10-11,14H2,1H3/b6-4+,8-7+/t15-,17+,19-,20+,21+/m0/s1. The highest BCUT2D eigenvalue weighted by Crippen LogP contribution is 2.38. The molecule has 1 aromatic heterocycles. The predicted molar refractivity (Wildman–Crippen MR) is 109 cm³/mol. The summed E-state index contributed by atoms with van der Waals surface area (Å²) in [4.78, 5) is 27.7. The summed E-state index contributed by atoms with van der Waals surface area (Å²) in [7, 11) is 0. The molecule has 2 aliphatic rings. The number of ether oxygens (including phenoxy) is 3. The number of fused-ring (bicyclic) bond motifs is 1. The largest absolute Gasteiger partial charge is 0.508 e. The minimum absolute atomic E-state index is 0.000865.